The first-order chi connectivity index (χ1) is 18.2. The highest BCUT2D eigenvalue weighted by Crippen LogP contribution is 2.46. The number of nitrogens with zero attached hydrogens (tertiary/aromatic N) is 2. The Morgan fingerprint density at radius 1 is 1.16 bits per heavy atom. The summed E-state index contributed by atoms with van der Waals surface area (Å²) in [6.45, 7) is 3.46. The number of carbonyl (C=O) groups excluding carboxylic acids is 4. The normalized spacial score (nSPS) is 24.1. The molecular weight excluding hydrogens is 491 g/mol. The van der Waals surface area contributed by atoms with E-state index >= 15 is 0 Å². The van der Waals surface area contributed by atoms with E-state index in [1.807, 2.05) is 13.8 Å². The molecule has 38 heavy (non-hydrogen) atoms. The van der Waals surface area contributed by atoms with Crippen molar-refractivity contribution in [2.24, 2.45) is 0 Å². The lowest BCUT2D eigenvalue weighted by Gasteiger charge is -2.31. The van der Waals surface area contributed by atoms with Gasteiger partial charge in [-0.15, -0.1) is 0 Å². The number of amides is 5. The van der Waals surface area contributed by atoms with Crippen molar-refractivity contribution in [1.29, 1.82) is 0 Å². The number of aryl methyl sites for hydroxylation is 2. The van der Waals surface area contributed by atoms with Gasteiger partial charge in [0.1, 0.15) is 12.4 Å². The molecule has 0 saturated carbocycles. The van der Waals surface area contributed by atoms with Crippen molar-refractivity contribution in [1.82, 2.24) is 15.1 Å². The predicted molar refractivity (Wildman–Crippen MR) is 137 cm³/mol. The number of halogens is 1. The van der Waals surface area contributed by atoms with Crippen LogP contribution in [0, 0.1) is 5.82 Å². The zero-order valence-electron chi connectivity index (χ0n) is 21.7. The van der Waals surface area contributed by atoms with Gasteiger partial charge in [0.05, 0.1) is 6.04 Å². The number of imide groups is 1. The molecule has 3 aliphatic rings. The second-order valence-electron chi connectivity index (χ2n) is 10.1. The predicted octanol–water partition coefficient (Wildman–Crippen LogP) is 4.01. The summed E-state index contributed by atoms with van der Waals surface area (Å²) in [4.78, 5) is 54.4. The third kappa shape index (κ3) is 4.17. The standard InChI is InChI=1S/C28H31FN4O5/c1-4-17-13-19(29)6-8-21(17)23-10-5-16(2)33(23)24(34)15-32-25(35)28(38-27(32)37)12-11-18-14-20(7-9-22(18)28)31-26(36)30-3/h6-9,13-14,16,23H,4-5,10-12,15H2,1-3H3,(H2,30,31,36)/t16-,23-,28-/m1/s1. The van der Waals surface area contributed by atoms with Crippen LogP contribution in [0.2, 0.25) is 0 Å². The third-order valence-electron chi connectivity index (χ3n) is 7.94. The van der Waals surface area contributed by atoms with Crippen molar-refractivity contribution >= 4 is 29.6 Å². The molecule has 200 valence electrons. The summed E-state index contributed by atoms with van der Waals surface area (Å²) in [5.41, 5.74) is 2.19. The molecule has 3 atom stereocenters. The minimum Gasteiger partial charge on any atom is -0.427 e. The smallest absolute Gasteiger partial charge is 0.418 e. The van der Waals surface area contributed by atoms with Crippen LogP contribution in [-0.4, -0.2) is 53.4 Å². The van der Waals surface area contributed by atoms with E-state index in [4.69, 9.17) is 4.74 Å². The molecule has 2 heterocycles. The maximum absolute atomic E-state index is 13.9. The molecule has 2 fully saturated rings. The highest BCUT2D eigenvalue weighted by Gasteiger charge is 2.58. The molecule has 2 aromatic rings. The van der Waals surface area contributed by atoms with Gasteiger partial charge >= 0.3 is 12.1 Å². The average Bonchev–Trinajstić information content (AvgIpc) is 3.53. The lowest BCUT2D eigenvalue weighted by Crippen LogP contribution is -2.46. The van der Waals surface area contributed by atoms with Crippen molar-refractivity contribution in [3.63, 3.8) is 0 Å². The number of benzene rings is 2. The summed E-state index contributed by atoms with van der Waals surface area (Å²) < 4.78 is 19.5. The van der Waals surface area contributed by atoms with E-state index in [2.05, 4.69) is 10.6 Å². The van der Waals surface area contributed by atoms with E-state index < -0.39 is 24.1 Å². The highest BCUT2D eigenvalue weighted by molar-refractivity contribution is 6.06. The van der Waals surface area contributed by atoms with E-state index in [1.165, 1.54) is 19.2 Å². The summed E-state index contributed by atoms with van der Waals surface area (Å²) in [7, 11) is 1.51. The van der Waals surface area contributed by atoms with E-state index in [1.54, 1.807) is 29.2 Å². The fraction of sp³-hybridized carbons (Fsp3) is 0.429. The molecule has 0 bridgehead atoms. The largest absolute Gasteiger partial charge is 0.427 e. The number of likely N-dealkylation sites (tertiary alicyclic amines) is 1. The number of rotatable bonds is 5. The summed E-state index contributed by atoms with van der Waals surface area (Å²) in [5, 5.41) is 5.18. The van der Waals surface area contributed by atoms with Crippen LogP contribution in [0.1, 0.15) is 61.4 Å². The Morgan fingerprint density at radius 3 is 2.68 bits per heavy atom. The second-order valence-corrected chi connectivity index (χ2v) is 10.1. The monoisotopic (exact) mass is 522 g/mol. The van der Waals surface area contributed by atoms with Gasteiger partial charge in [0.15, 0.2) is 0 Å². The van der Waals surface area contributed by atoms with E-state index in [0.29, 0.717) is 30.5 Å². The number of fused-ring (bicyclic) bond motifs is 2. The van der Waals surface area contributed by atoms with Crippen molar-refractivity contribution in [2.75, 3.05) is 18.9 Å². The maximum atomic E-state index is 13.9. The van der Waals surface area contributed by atoms with Gasteiger partial charge in [-0.2, -0.15) is 0 Å². The van der Waals surface area contributed by atoms with Gasteiger partial charge in [-0.05, 0) is 73.6 Å². The topological polar surface area (TPSA) is 108 Å². The Morgan fingerprint density at radius 2 is 1.95 bits per heavy atom. The van der Waals surface area contributed by atoms with Gasteiger partial charge in [-0.1, -0.05) is 19.1 Å². The first-order valence-electron chi connectivity index (χ1n) is 12.9. The van der Waals surface area contributed by atoms with Crippen molar-refractivity contribution in [2.45, 2.75) is 63.6 Å². The molecule has 1 aliphatic carbocycles. The van der Waals surface area contributed by atoms with Crippen LogP contribution in [0.3, 0.4) is 0 Å². The number of hydrogen-bond donors (Lipinski definition) is 2. The Bertz CT molecular complexity index is 1330. The number of carbonyl (C=O) groups is 4. The third-order valence-corrected chi connectivity index (χ3v) is 7.94. The fourth-order valence-electron chi connectivity index (χ4n) is 6.06. The molecule has 9 nitrogen and oxygen atoms in total. The Labute approximate surface area is 220 Å². The molecule has 0 radical (unpaired) electrons. The van der Waals surface area contributed by atoms with Gasteiger partial charge < -0.3 is 20.3 Å². The zero-order valence-corrected chi connectivity index (χ0v) is 21.7. The molecule has 2 N–H and O–H groups in total. The van der Waals surface area contributed by atoms with E-state index in [-0.39, 0.29) is 36.3 Å². The van der Waals surface area contributed by atoms with Crippen LogP contribution in [0.25, 0.3) is 0 Å². The van der Waals surface area contributed by atoms with Gasteiger partial charge in [0.25, 0.3) is 5.91 Å². The molecular formula is C28H31FN4O5. The van der Waals surface area contributed by atoms with Crippen LogP contribution >= 0.6 is 0 Å². The number of anilines is 1. The maximum Gasteiger partial charge on any atom is 0.418 e. The first kappa shape index (κ1) is 25.7. The van der Waals surface area contributed by atoms with Crippen molar-refractivity contribution in [3.8, 4) is 0 Å². The molecule has 2 aliphatic heterocycles. The zero-order chi connectivity index (χ0) is 27.2. The Hall–Kier alpha value is -3.95. The van der Waals surface area contributed by atoms with E-state index in [9.17, 15) is 23.6 Å². The second kappa shape index (κ2) is 9.74. The lowest BCUT2D eigenvalue weighted by atomic mass is 9.94. The molecule has 2 aromatic carbocycles. The minimum atomic E-state index is -1.47. The molecule has 1 spiro atoms. The number of nitrogens with one attached hydrogen (secondary N) is 2. The van der Waals surface area contributed by atoms with Gasteiger partial charge in [0.2, 0.25) is 11.5 Å². The molecule has 5 amide bonds. The molecule has 5 rings (SSSR count). The molecule has 2 saturated heterocycles. The molecule has 0 aromatic heterocycles. The van der Waals surface area contributed by atoms with E-state index in [0.717, 1.165) is 28.0 Å². The summed E-state index contributed by atoms with van der Waals surface area (Å²) in [6.07, 6.45) is 2.00. The molecule has 0 unspecified atom stereocenters. The first-order valence-corrected chi connectivity index (χ1v) is 12.9. The quantitative estimate of drug-likeness (QED) is 0.617. The van der Waals surface area contributed by atoms with Crippen LogP contribution < -0.4 is 10.6 Å². The number of hydrogen-bond acceptors (Lipinski definition) is 5. The highest BCUT2D eigenvalue weighted by atomic mass is 19.1. The summed E-state index contributed by atoms with van der Waals surface area (Å²) in [5.74, 6) is -1.23. The fourth-order valence-corrected chi connectivity index (χ4v) is 6.06. The minimum absolute atomic E-state index is 0.0941. The Kier molecular flexibility index (Phi) is 6.58. The SMILES string of the molecule is CCc1cc(F)ccc1[C@H]1CC[C@@H](C)N1C(=O)CN1C(=O)O[C@@]2(CCc3cc(NC(=O)NC)ccc32)C1=O. The molecule has 10 heteroatoms. The van der Waals surface area contributed by atoms with Gasteiger partial charge in [-0.25, -0.2) is 18.9 Å². The van der Waals surface area contributed by atoms with Crippen molar-refractivity contribution in [3.05, 3.63) is 64.5 Å². The lowest BCUT2D eigenvalue weighted by molar-refractivity contribution is -0.143. The van der Waals surface area contributed by atoms with Crippen LogP contribution in [0.5, 0.6) is 0 Å². The van der Waals surface area contributed by atoms with Crippen LogP contribution in [-0.2, 0) is 32.8 Å². The number of ether oxygens (including phenoxy) is 1. The van der Waals surface area contributed by atoms with Gasteiger partial charge in [-0.3, -0.25) is 9.59 Å². The number of urea groups is 1. The van der Waals surface area contributed by atoms with Crippen LogP contribution in [0.4, 0.5) is 19.7 Å². The summed E-state index contributed by atoms with van der Waals surface area (Å²) in [6, 6.07) is 9.01. The van der Waals surface area contributed by atoms with Gasteiger partial charge in [0, 0.05) is 30.8 Å². The summed E-state index contributed by atoms with van der Waals surface area (Å²) >= 11 is 0. The van der Waals surface area contributed by atoms with Crippen LogP contribution in [0.15, 0.2) is 36.4 Å². The Balaban J connectivity index is 1.37. The average molecular weight is 523 g/mol. The van der Waals surface area contributed by atoms with Crippen molar-refractivity contribution < 1.29 is 28.3 Å².